The number of nitrogens with one attached hydrogen (secondary N) is 1. The van der Waals surface area contributed by atoms with E-state index in [1.165, 1.54) is 25.3 Å². The predicted octanol–water partition coefficient (Wildman–Crippen LogP) is 1.07. The first kappa shape index (κ1) is 13.4. The van der Waals surface area contributed by atoms with Gasteiger partial charge in [0.05, 0.1) is 23.8 Å². The van der Waals surface area contributed by atoms with Gasteiger partial charge in [-0.2, -0.15) is 0 Å². The molecule has 1 aromatic rings. The molecular weight excluding hydrogens is 248 g/mol. The molecule has 0 spiro atoms. The van der Waals surface area contributed by atoms with Crippen LogP contribution in [0.25, 0.3) is 0 Å². The molecule has 19 heavy (non-hydrogen) atoms. The average molecular weight is 264 g/mol. The number of benzene rings is 1. The molecule has 1 aliphatic carbocycles. The summed E-state index contributed by atoms with van der Waals surface area (Å²) in [5.74, 6) is -0.848. The van der Waals surface area contributed by atoms with E-state index in [4.69, 9.17) is 15.6 Å². The number of nitrogens with two attached hydrogens (primary N) is 1. The molecule has 0 bridgehead atoms. The maximum Gasteiger partial charge on any atom is 0.337 e. The summed E-state index contributed by atoms with van der Waals surface area (Å²) in [6.45, 7) is 0.269. The van der Waals surface area contributed by atoms with Gasteiger partial charge in [-0.1, -0.05) is 0 Å². The van der Waals surface area contributed by atoms with Gasteiger partial charge in [0, 0.05) is 12.6 Å². The Morgan fingerprint density at radius 1 is 1.47 bits per heavy atom. The van der Waals surface area contributed by atoms with E-state index >= 15 is 0 Å². The third kappa shape index (κ3) is 2.53. The summed E-state index contributed by atoms with van der Waals surface area (Å²) in [5.41, 5.74) is 5.31. The zero-order valence-electron chi connectivity index (χ0n) is 10.6. The Bertz CT molecular complexity index is 523. The van der Waals surface area contributed by atoms with Crippen LogP contribution in [-0.2, 0) is 4.79 Å². The van der Waals surface area contributed by atoms with E-state index in [9.17, 15) is 9.59 Å². The fourth-order valence-corrected chi connectivity index (χ4v) is 1.87. The second-order valence-corrected chi connectivity index (χ2v) is 4.66. The van der Waals surface area contributed by atoms with E-state index < -0.39 is 11.4 Å². The van der Waals surface area contributed by atoms with E-state index in [2.05, 4.69) is 5.32 Å². The number of carbonyl (C=O) groups is 2. The van der Waals surface area contributed by atoms with Crippen molar-refractivity contribution >= 4 is 17.6 Å². The monoisotopic (exact) mass is 264 g/mol. The van der Waals surface area contributed by atoms with E-state index in [0.29, 0.717) is 5.75 Å². The third-order valence-corrected chi connectivity index (χ3v) is 3.43. The number of amides is 1. The Morgan fingerprint density at radius 2 is 2.16 bits per heavy atom. The first-order valence-electron chi connectivity index (χ1n) is 5.95. The molecule has 0 heterocycles. The summed E-state index contributed by atoms with van der Waals surface area (Å²) in [5, 5.41) is 11.7. The van der Waals surface area contributed by atoms with Crippen LogP contribution in [0.2, 0.25) is 0 Å². The Hall–Kier alpha value is -2.08. The predicted molar refractivity (Wildman–Crippen MR) is 69.3 cm³/mol. The van der Waals surface area contributed by atoms with Crippen molar-refractivity contribution in [3.63, 3.8) is 0 Å². The Labute approximate surface area is 110 Å². The van der Waals surface area contributed by atoms with Crippen LogP contribution in [0.1, 0.15) is 23.2 Å². The number of carboxylic acids is 1. The van der Waals surface area contributed by atoms with Crippen LogP contribution < -0.4 is 15.8 Å². The molecule has 1 saturated carbocycles. The molecule has 0 saturated heterocycles. The molecule has 1 amide bonds. The molecule has 6 heteroatoms. The second-order valence-electron chi connectivity index (χ2n) is 4.66. The highest BCUT2D eigenvalue weighted by Crippen LogP contribution is 2.45. The number of aromatic carboxylic acids is 1. The van der Waals surface area contributed by atoms with Crippen molar-refractivity contribution in [2.45, 2.75) is 12.8 Å². The number of carbonyl (C=O) groups excluding carboxylic acids is 1. The summed E-state index contributed by atoms with van der Waals surface area (Å²) < 4.78 is 5.03. The lowest BCUT2D eigenvalue weighted by atomic mass is 10.1. The van der Waals surface area contributed by atoms with Crippen molar-refractivity contribution in [2.75, 3.05) is 19.0 Å². The molecule has 6 nitrogen and oxygen atoms in total. The van der Waals surface area contributed by atoms with Crippen molar-refractivity contribution in [3.8, 4) is 5.75 Å². The molecule has 2 rings (SSSR count). The van der Waals surface area contributed by atoms with Crippen molar-refractivity contribution < 1.29 is 19.4 Å². The molecule has 4 N–H and O–H groups in total. The molecule has 0 unspecified atom stereocenters. The number of methoxy groups -OCH3 is 1. The molecule has 102 valence electrons. The van der Waals surface area contributed by atoms with Crippen LogP contribution >= 0.6 is 0 Å². The van der Waals surface area contributed by atoms with E-state index in [-0.39, 0.29) is 23.7 Å². The topological polar surface area (TPSA) is 102 Å². The standard InChI is InChI=1S/C13H16N2O4/c1-19-8-2-3-9(11(16)17)10(6-8)15-12(18)13(7-14)4-5-13/h2-3,6H,4-5,7,14H2,1H3,(H,15,18)(H,16,17). The van der Waals surface area contributed by atoms with Crippen LogP contribution in [0.4, 0.5) is 5.69 Å². The Balaban J connectivity index is 2.27. The summed E-state index contributed by atoms with van der Waals surface area (Å²) >= 11 is 0. The van der Waals surface area contributed by atoms with Crippen LogP contribution in [0.5, 0.6) is 5.75 Å². The number of carboxylic acid groups (broad SMARTS) is 1. The van der Waals surface area contributed by atoms with Gasteiger partial charge in [0.25, 0.3) is 0 Å². The second kappa shape index (κ2) is 4.89. The van der Waals surface area contributed by atoms with E-state index in [1.807, 2.05) is 0 Å². The molecule has 1 aliphatic rings. The fraction of sp³-hybridized carbons (Fsp3) is 0.385. The quantitative estimate of drug-likeness (QED) is 0.738. The van der Waals surface area contributed by atoms with E-state index in [0.717, 1.165) is 12.8 Å². The minimum Gasteiger partial charge on any atom is -0.497 e. The molecule has 0 aromatic heterocycles. The largest absolute Gasteiger partial charge is 0.497 e. The van der Waals surface area contributed by atoms with Crippen molar-refractivity contribution in [3.05, 3.63) is 23.8 Å². The third-order valence-electron chi connectivity index (χ3n) is 3.43. The highest BCUT2D eigenvalue weighted by atomic mass is 16.5. The summed E-state index contributed by atoms with van der Waals surface area (Å²) in [7, 11) is 1.48. The zero-order valence-corrected chi connectivity index (χ0v) is 10.6. The van der Waals surface area contributed by atoms with Crippen LogP contribution in [0.3, 0.4) is 0 Å². The SMILES string of the molecule is COc1ccc(C(=O)O)c(NC(=O)C2(CN)CC2)c1. The average Bonchev–Trinajstić information content (AvgIpc) is 3.19. The molecule has 1 fully saturated rings. The van der Waals surface area contributed by atoms with Gasteiger partial charge in [-0.15, -0.1) is 0 Å². The van der Waals surface area contributed by atoms with Gasteiger partial charge in [-0.05, 0) is 25.0 Å². The maximum absolute atomic E-state index is 12.1. The van der Waals surface area contributed by atoms with E-state index in [1.54, 1.807) is 0 Å². The lowest BCUT2D eigenvalue weighted by molar-refractivity contribution is -0.120. The smallest absolute Gasteiger partial charge is 0.337 e. The van der Waals surface area contributed by atoms with Crippen molar-refractivity contribution in [1.29, 1.82) is 0 Å². The first-order valence-corrected chi connectivity index (χ1v) is 5.95. The minimum atomic E-state index is -1.10. The lowest BCUT2D eigenvalue weighted by Gasteiger charge is -2.15. The first-order chi connectivity index (χ1) is 9.02. The summed E-state index contributed by atoms with van der Waals surface area (Å²) in [6, 6.07) is 4.43. The molecular formula is C13H16N2O4. The molecule has 0 radical (unpaired) electrons. The van der Waals surface area contributed by atoms with Crippen LogP contribution in [0.15, 0.2) is 18.2 Å². The van der Waals surface area contributed by atoms with Crippen LogP contribution in [-0.4, -0.2) is 30.6 Å². The van der Waals surface area contributed by atoms with Gasteiger partial charge in [-0.3, -0.25) is 4.79 Å². The minimum absolute atomic E-state index is 0.0296. The maximum atomic E-state index is 12.1. The fourth-order valence-electron chi connectivity index (χ4n) is 1.87. The summed E-state index contributed by atoms with van der Waals surface area (Å²) in [4.78, 5) is 23.2. The zero-order chi connectivity index (χ0) is 14.0. The highest BCUT2D eigenvalue weighted by molar-refractivity contribution is 6.03. The highest BCUT2D eigenvalue weighted by Gasteiger charge is 2.48. The van der Waals surface area contributed by atoms with Gasteiger partial charge in [0.1, 0.15) is 5.75 Å². The van der Waals surface area contributed by atoms with Crippen molar-refractivity contribution in [2.24, 2.45) is 11.1 Å². The van der Waals surface area contributed by atoms with Gasteiger partial charge < -0.3 is 20.9 Å². The lowest BCUT2D eigenvalue weighted by Crippen LogP contribution is -2.31. The van der Waals surface area contributed by atoms with Gasteiger partial charge in [0.2, 0.25) is 5.91 Å². The molecule has 0 aliphatic heterocycles. The number of rotatable bonds is 5. The van der Waals surface area contributed by atoms with Gasteiger partial charge in [0.15, 0.2) is 0 Å². The molecule has 0 atom stereocenters. The number of anilines is 1. The normalized spacial score (nSPS) is 15.7. The molecule has 1 aromatic carbocycles. The summed E-state index contributed by atoms with van der Waals surface area (Å²) in [6.07, 6.45) is 1.48. The van der Waals surface area contributed by atoms with Gasteiger partial charge >= 0.3 is 5.97 Å². The Morgan fingerprint density at radius 3 is 2.63 bits per heavy atom. The van der Waals surface area contributed by atoms with Gasteiger partial charge in [-0.25, -0.2) is 4.79 Å². The number of hydrogen-bond acceptors (Lipinski definition) is 4. The number of ether oxygens (including phenoxy) is 1. The van der Waals surface area contributed by atoms with Crippen molar-refractivity contribution in [1.82, 2.24) is 0 Å². The van der Waals surface area contributed by atoms with Crippen LogP contribution in [0, 0.1) is 5.41 Å². The Kier molecular flexibility index (Phi) is 3.44. The number of hydrogen-bond donors (Lipinski definition) is 3.